The Balaban J connectivity index is 1.71. The molecule has 4 rings (SSSR count). The van der Waals surface area contributed by atoms with Crippen LogP contribution in [0.25, 0.3) is 10.2 Å². The second-order valence-electron chi connectivity index (χ2n) is 7.18. The summed E-state index contributed by atoms with van der Waals surface area (Å²) < 4.78 is 27.2. The number of hydrogen-bond donors (Lipinski definition) is 2. The molecule has 1 saturated heterocycles. The largest absolute Gasteiger partial charge is 0.397 e. The van der Waals surface area contributed by atoms with Crippen molar-refractivity contribution in [2.45, 2.75) is 25.3 Å². The predicted octanol–water partition coefficient (Wildman–Crippen LogP) is 3.88. The third kappa shape index (κ3) is 3.60. The van der Waals surface area contributed by atoms with Gasteiger partial charge in [0.05, 0.1) is 17.4 Å². The summed E-state index contributed by atoms with van der Waals surface area (Å²) in [5, 5.41) is 3.24. The maximum atomic E-state index is 13.6. The van der Waals surface area contributed by atoms with E-state index in [1.54, 1.807) is 17.0 Å². The van der Waals surface area contributed by atoms with Gasteiger partial charge in [0.15, 0.2) is 0 Å². The van der Waals surface area contributed by atoms with E-state index in [2.05, 4.69) is 10.3 Å². The van der Waals surface area contributed by atoms with Gasteiger partial charge in [0.25, 0.3) is 11.8 Å². The summed E-state index contributed by atoms with van der Waals surface area (Å²) in [7, 11) is 1.53. The number of rotatable bonds is 3. The van der Waals surface area contributed by atoms with Crippen LogP contribution in [0.1, 0.15) is 51.0 Å². The van der Waals surface area contributed by atoms with E-state index in [-0.39, 0.29) is 17.5 Å². The van der Waals surface area contributed by atoms with E-state index in [0.29, 0.717) is 39.4 Å². The average molecular weight is 430 g/mol. The second-order valence-corrected chi connectivity index (χ2v) is 8.18. The van der Waals surface area contributed by atoms with E-state index in [1.807, 2.05) is 0 Å². The van der Waals surface area contributed by atoms with Gasteiger partial charge in [-0.15, -0.1) is 11.3 Å². The zero-order valence-electron chi connectivity index (χ0n) is 16.2. The van der Waals surface area contributed by atoms with Gasteiger partial charge in [-0.3, -0.25) is 9.59 Å². The van der Waals surface area contributed by atoms with Gasteiger partial charge >= 0.3 is 0 Å². The first kappa shape index (κ1) is 20.2. The van der Waals surface area contributed by atoms with E-state index < -0.39 is 17.5 Å². The zero-order valence-corrected chi connectivity index (χ0v) is 17.1. The molecular weight excluding hydrogens is 410 g/mol. The Morgan fingerprint density at radius 1 is 1.20 bits per heavy atom. The summed E-state index contributed by atoms with van der Waals surface area (Å²) in [5.41, 5.74) is 7.11. The first-order valence-electron chi connectivity index (χ1n) is 9.57. The molecule has 6 nitrogen and oxygen atoms in total. The normalized spacial score (nSPS) is 16.6. The van der Waals surface area contributed by atoms with Crippen LogP contribution in [0.5, 0.6) is 0 Å². The Morgan fingerprint density at radius 2 is 1.93 bits per heavy atom. The number of nitrogens with two attached hydrogens (primary N) is 1. The molecule has 3 aromatic rings. The summed E-state index contributed by atoms with van der Waals surface area (Å²) in [6.07, 6.45) is 2.39. The lowest BCUT2D eigenvalue weighted by Gasteiger charge is -2.35. The van der Waals surface area contributed by atoms with Gasteiger partial charge < -0.3 is 16.0 Å². The monoisotopic (exact) mass is 430 g/mol. The van der Waals surface area contributed by atoms with Gasteiger partial charge in [0.1, 0.15) is 21.3 Å². The third-order valence-electron chi connectivity index (χ3n) is 5.26. The van der Waals surface area contributed by atoms with Crippen molar-refractivity contribution in [3.63, 3.8) is 0 Å². The van der Waals surface area contributed by atoms with Crippen LogP contribution >= 0.6 is 11.3 Å². The number of aromatic nitrogens is 1. The van der Waals surface area contributed by atoms with Crippen molar-refractivity contribution >= 4 is 39.1 Å². The number of benzene rings is 1. The maximum Gasteiger partial charge on any atom is 0.263 e. The fourth-order valence-electron chi connectivity index (χ4n) is 3.80. The number of nitrogen functional groups attached to an aromatic ring is 1. The summed E-state index contributed by atoms with van der Waals surface area (Å²) in [6.45, 7) is 0.470. The highest BCUT2D eigenvalue weighted by atomic mass is 32.1. The average Bonchev–Trinajstić information content (AvgIpc) is 3.08. The van der Waals surface area contributed by atoms with Gasteiger partial charge in [0.2, 0.25) is 0 Å². The molecule has 3 N–H and O–H groups in total. The quantitative estimate of drug-likeness (QED) is 0.660. The molecule has 1 aliphatic rings. The minimum Gasteiger partial charge on any atom is -0.397 e. The molecule has 2 aromatic heterocycles. The van der Waals surface area contributed by atoms with E-state index in [9.17, 15) is 18.4 Å². The van der Waals surface area contributed by atoms with Gasteiger partial charge in [-0.05, 0) is 43.5 Å². The number of carbonyl (C=O) groups is 2. The van der Waals surface area contributed by atoms with Crippen molar-refractivity contribution in [3.05, 3.63) is 58.1 Å². The summed E-state index contributed by atoms with van der Waals surface area (Å²) in [5.74, 6) is -2.29. The summed E-state index contributed by atoms with van der Waals surface area (Å²) in [6, 6.07) is 6.10. The fraction of sp³-hybridized carbons (Fsp3) is 0.286. The molecule has 0 spiro atoms. The molecule has 0 aliphatic carbocycles. The SMILES string of the molecule is CNC(=O)c1sc2nc(C3CCCCN3C(=O)c3cc(F)cc(F)c3)ccc2c1N. The smallest absolute Gasteiger partial charge is 0.263 e. The highest BCUT2D eigenvalue weighted by Gasteiger charge is 2.30. The Bertz CT molecular complexity index is 1130. The number of amides is 2. The molecule has 0 saturated carbocycles. The number of piperidine rings is 1. The van der Waals surface area contributed by atoms with Gasteiger partial charge in [-0.25, -0.2) is 13.8 Å². The lowest BCUT2D eigenvalue weighted by Crippen LogP contribution is -2.39. The Labute approximate surface area is 175 Å². The van der Waals surface area contributed by atoms with Crippen molar-refractivity contribution in [2.75, 3.05) is 19.3 Å². The van der Waals surface area contributed by atoms with Crippen LogP contribution in [0.15, 0.2) is 30.3 Å². The number of fused-ring (bicyclic) bond motifs is 1. The molecule has 0 radical (unpaired) electrons. The molecule has 30 heavy (non-hydrogen) atoms. The van der Waals surface area contributed by atoms with Crippen molar-refractivity contribution in [1.82, 2.24) is 15.2 Å². The van der Waals surface area contributed by atoms with Crippen molar-refractivity contribution < 1.29 is 18.4 Å². The first-order valence-corrected chi connectivity index (χ1v) is 10.4. The van der Waals surface area contributed by atoms with E-state index in [0.717, 1.165) is 31.0 Å². The number of halogens is 2. The van der Waals surface area contributed by atoms with Crippen LogP contribution in [0.2, 0.25) is 0 Å². The molecule has 9 heteroatoms. The van der Waals surface area contributed by atoms with Crippen LogP contribution < -0.4 is 11.1 Å². The molecule has 2 amide bonds. The highest BCUT2D eigenvalue weighted by Crippen LogP contribution is 2.36. The van der Waals surface area contributed by atoms with Crippen LogP contribution in [0.4, 0.5) is 14.5 Å². The lowest BCUT2D eigenvalue weighted by molar-refractivity contribution is 0.0605. The lowest BCUT2D eigenvalue weighted by atomic mass is 9.97. The summed E-state index contributed by atoms with van der Waals surface area (Å²) >= 11 is 1.19. The minimum atomic E-state index is -0.790. The third-order valence-corrected chi connectivity index (χ3v) is 6.38. The van der Waals surface area contributed by atoms with E-state index in [1.165, 1.54) is 18.4 Å². The number of likely N-dealkylation sites (tertiary alicyclic amines) is 1. The highest BCUT2D eigenvalue weighted by molar-refractivity contribution is 7.21. The van der Waals surface area contributed by atoms with Crippen LogP contribution in [-0.4, -0.2) is 35.3 Å². The molecular formula is C21H20F2N4O2S. The first-order chi connectivity index (χ1) is 14.4. The molecule has 1 aromatic carbocycles. The zero-order chi connectivity index (χ0) is 21.4. The Kier molecular flexibility index (Phi) is 5.38. The maximum absolute atomic E-state index is 13.6. The molecule has 0 bridgehead atoms. The molecule has 1 unspecified atom stereocenters. The standard InChI is InChI=1S/C21H20F2N4O2S/c1-25-19(28)18-17(24)14-5-6-15(26-20(14)30-18)16-4-2-3-7-27(16)21(29)11-8-12(22)10-13(23)9-11/h5-6,8-10,16H,2-4,7,24H2,1H3,(H,25,28). The van der Waals surface area contributed by atoms with Gasteiger partial charge in [-0.2, -0.15) is 0 Å². The van der Waals surface area contributed by atoms with Crippen molar-refractivity contribution in [3.8, 4) is 0 Å². The van der Waals surface area contributed by atoms with Gasteiger partial charge in [-0.1, -0.05) is 0 Å². The number of anilines is 1. The molecule has 1 aliphatic heterocycles. The Hall–Kier alpha value is -3.07. The van der Waals surface area contributed by atoms with Crippen LogP contribution in [-0.2, 0) is 0 Å². The van der Waals surface area contributed by atoms with Crippen LogP contribution in [0, 0.1) is 11.6 Å². The van der Waals surface area contributed by atoms with Crippen molar-refractivity contribution in [2.24, 2.45) is 0 Å². The van der Waals surface area contributed by atoms with Gasteiger partial charge in [0, 0.05) is 30.6 Å². The number of nitrogens with zero attached hydrogens (tertiary/aromatic N) is 2. The van der Waals surface area contributed by atoms with E-state index >= 15 is 0 Å². The number of carbonyl (C=O) groups excluding carboxylic acids is 2. The molecule has 156 valence electrons. The molecule has 3 heterocycles. The number of hydrogen-bond acceptors (Lipinski definition) is 5. The van der Waals surface area contributed by atoms with Crippen LogP contribution in [0.3, 0.4) is 0 Å². The van der Waals surface area contributed by atoms with Crippen molar-refractivity contribution in [1.29, 1.82) is 0 Å². The minimum absolute atomic E-state index is 0.0252. The molecule has 1 atom stereocenters. The predicted molar refractivity (Wildman–Crippen MR) is 111 cm³/mol. The topological polar surface area (TPSA) is 88.3 Å². The molecule has 1 fully saturated rings. The fourth-order valence-corrected chi connectivity index (χ4v) is 4.85. The second kappa shape index (κ2) is 7.98. The Morgan fingerprint density at radius 3 is 2.63 bits per heavy atom. The number of nitrogens with one attached hydrogen (secondary N) is 1. The van der Waals surface area contributed by atoms with E-state index in [4.69, 9.17) is 5.73 Å². The number of thiophene rings is 1. The summed E-state index contributed by atoms with van der Waals surface area (Å²) in [4.78, 5) is 32.3. The number of pyridine rings is 1.